The monoisotopic (exact) mass is 589 g/mol. The minimum Gasteiger partial charge on any atom is -0.488 e. The van der Waals surface area contributed by atoms with Crippen LogP contribution in [0.5, 0.6) is 5.75 Å². The number of amides is 1. The summed E-state index contributed by atoms with van der Waals surface area (Å²) >= 11 is 1.57. The second-order valence-electron chi connectivity index (χ2n) is 12.0. The van der Waals surface area contributed by atoms with E-state index in [1.165, 1.54) is 13.5 Å². The van der Waals surface area contributed by atoms with Crippen molar-refractivity contribution >= 4 is 28.3 Å². The molecule has 3 fully saturated rings. The summed E-state index contributed by atoms with van der Waals surface area (Å²) in [6, 6.07) is 12.0. The fourth-order valence-electron chi connectivity index (χ4n) is 6.83. The Labute approximate surface area is 251 Å². The van der Waals surface area contributed by atoms with Crippen LogP contribution in [0.1, 0.15) is 59.2 Å². The van der Waals surface area contributed by atoms with E-state index in [4.69, 9.17) is 14.5 Å². The van der Waals surface area contributed by atoms with Crippen molar-refractivity contribution in [1.29, 1.82) is 0 Å². The maximum Gasteiger partial charge on any atom is 0.338 e. The second-order valence-corrected chi connectivity index (χ2v) is 12.8. The van der Waals surface area contributed by atoms with Gasteiger partial charge >= 0.3 is 5.97 Å². The number of carbonyl (C=O) groups is 2. The number of rotatable bonds is 7. The van der Waals surface area contributed by atoms with Gasteiger partial charge in [0.1, 0.15) is 12.4 Å². The Kier molecular flexibility index (Phi) is 7.98. The van der Waals surface area contributed by atoms with Crippen molar-refractivity contribution in [2.75, 3.05) is 38.2 Å². The molecule has 2 unspecified atom stereocenters. The van der Waals surface area contributed by atoms with Crippen molar-refractivity contribution in [3.63, 3.8) is 0 Å². The Hall–Kier alpha value is -3.43. The molecule has 3 aliphatic rings. The fraction of sp³-hybridized carbons (Fsp3) is 0.485. The lowest BCUT2D eigenvalue weighted by Gasteiger charge is -2.42. The number of aromatic nitrogens is 1. The molecule has 2 atom stereocenters. The first kappa shape index (κ1) is 28.7. The number of aliphatic hydroxyl groups is 1. The van der Waals surface area contributed by atoms with Gasteiger partial charge in [-0.1, -0.05) is 17.7 Å². The third-order valence-electron chi connectivity index (χ3n) is 9.29. The van der Waals surface area contributed by atoms with E-state index in [-0.39, 0.29) is 17.7 Å². The number of piperidine rings is 2. The van der Waals surface area contributed by atoms with E-state index in [2.05, 4.69) is 17.9 Å². The molecule has 8 nitrogen and oxygen atoms in total. The Morgan fingerprint density at radius 2 is 1.79 bits per heavy atom. The molecule has 6 rings (SSSR count). The highest BCUT2D eigenvalue weighted by Crippen LogP contribution is 2.47. The Bertz CT molecular complexity index is 1470. The van der Waals surface area contributed by atoms with Crippen LogP contribution in [0.4, 0.5) is 5.13 Å². The molecule has 222 valence electrons. The Morgan fingerprint density at radius 1 is 1.05 bits per heavy atom. The maximum absolute atomic E-state index is 13.0. The van der Waals surface area contributed by atoms with Gasteiger partial charge in [0.05, 0.1) is 12.8 Å². The minimum atomic E-state index is -1.40. The van der Waals surface area contributed by atoms with Crippen molar-refractivity contribution in [1.82, 2.24) is 9.88 Å². The van der Waals surface area contributed by atoms with E-state index < -0.39 is 11.6 Å². The van der Waals surface area contributed by atoms with Gasteiger partial charge in [0.25, 0.3) is 5.91 Å². The van der Waals surface area contributed by atoms with E-state index >= 15 is 0 Å². The van der Waals surface area contributed by atoms with E-state index in [0.29, 0.717) is 19.7 Å². The van der Waals surface area contributed by atoms with E-state index in [1.54, 1.807) is 11.3 Å². The van der Waals surface area contributed by atoms with Crippen LogP contribution in [-0.4, -0.2) is 65.8 Å². The molecule has 0 radical (unpaired) electrons. The van der Waals surface area contributed by atoms with Crippen LogP contribution in [0.2, 0.25) is 0 Å². The predicted molar refractivity (Wildman–Crippen MR) is 163 cm³/mol. The van der Waals surface area contributed by atoms with Crippen LogP contribution in [0.25, 0.3) is 11.3 Å². The van der Waals surface area contributed by atoms with Gasteiger partial charge in [0.2, 0.25) is 0 Å². The molecular weight excluding hydrogens is 550 g/mol. The number of benzene rings is 2. The fourth-order valence-corrected chi connectivity index (χ4v) is 7.67. The number of fused-ring (bicyclic) bond motifs is 2. The van der Waals surface area contributed by atoms with E-state index in [0.717, 1.165) is 83.2 Å². The molecule has 1 N–H and O–H groups in total. The number of aryl methyl sites for hydroxylation is 2. The van der Waals surface area contributed by atoms with Gasteiger partial charge < -0.3 is 24.4 Å². The lowest BCUT2D eigenvalue weighted by Crippen LogP contribution is -2.58. The zero-order valence-corrected chi connectivity index (χ0v) is 25.4. The van der Waals surface area contributed by atoms with Gasteiger partial charge in [-0.15, -0.1) is 11.3 Å². The quantitative estimate of drug-likeness (QED) is 0.370. The second kappa shape index (κ2) is 11.7. The van der Waals surface area contributed by atoms with E-state index in [9.17, 15) is 14.7 Å². The largest absolute Gasteiger partial charge is 0.488 e. The predicted octanol–water partition coefficient (Wildman–Crippen LogP) is 5.38. The molecule has 1 saturated carbocycles. The minimum absolute atomic E-state index is 0.113. The molecule has 42 heavy (non-hydrogen) atoms. The SMILES string of the molecule is COC(=O)C1(O)C2CCC1CN(c1nc(-c3cc(C)ccc3OCc3ccc(C(=O)N4CCCCC4)cc3C)cs1)C2. The first-order valence-electron chi connectivity index (χ1n) is 14.9. The zero-order valence-electron chi connectivity index (χ0n) is 24.6. The van der Waals surface area contributed by atoms with Crippen molar-refractivity contribution in [2.45, 2.75) is 58.2 Å². The lowest BCUT2D eigenvalue weighted by atomic mass is 9.80. The summed E-state index contributed by atoms with van der Waals surface area (Å²) in [4.78, 5) is 34.5. The lowest BCUT2D eigenvalue weighted by molar-refractivity contribution is -0.173. The number of likely N-dealkylation sites (tertiary alicyclic amines) is 1. The molecule has 1 aromatic heterocycles. The van der Waals surface area contributed by atoms with Crippen LogP contribution >= 0.6 is 11.3 Å². The number of hydrogen-bond donors (Lipinski definition) is 1. The maximum atomic E-state index is 13.0. The molecule has 2 saturated heterocycles. The standard InChI is InChI=1S/C33H39N3O5S/c1-21-7-12-29(41-19-24-9-8-23(16-22(24)2)30(37)35-13-5-4-6-14-35)27(15-21)28-20-42-32(34-28)36-17-25-10-11-26(18-36)33(25,39)31(38)40-3/h7-9,12,15-16,20,25-26,39H,4-6,10-11,13-14,17-19H2,1-3H3. The molecule has 2 bridgehead atoms. The normalized spacial score (nSPS) is 23.6. The smallest absolute Gasteiger partial charge is 0.338 e. The summed E-state index contributed by atoms with van der Waals surface area (Å²) < 4.78 is 11.3. The number of ether oxygens (including phenoxy) is 2. The highest BCUT2D eigenvalue weighted by Gasteiger charge is 2.59. The van der Waals surface area contributed by atoms with Crippen LogP contribution < -0.4 is 9.64 Å². The molecule has 2 aliphatic heterocycles. The third-order valence-corrected chi connectivity index (χ3v) is 10.2. The van der Waals surface area contributed by atoms with Crippen molar-refractivity contribution in [2.24, 2.45) is 11.8 Å². The molecule has 1 aliphatic carbocycles. The molecule has 3 aromatic rings. The number of anilines is 1. The van der Waals surface area contributed by atoms with Crippen molar-refractivity contribution in [3.05, 3.63) is 64.0 Å². The number of nitrogens with zero attached hydrogens (tertiary/aromatic N) is 3. The number of methoxy groups -OCH3 is 1. The first-order valence-corrected chi connectivity index (χ1v) is 15.8. The summed E-state index contributed by atoms with van der Waals surface area (Å²) in [6.07, 6.45) is 4.95. The highest BCUT2D eigenvalue weighted by atomic mass is 32.1. The molecular formula is C33H39N3O5S. The average Bonchev–Trinajstić information content (AvgIpc) is 3.54. The van der Waals surface area contributed by atoms with Crippen LogP contribution in [0.3, 0.4) is 0 Å². The summed E-state index contributed by atoms with van der Waals surface area (Å²) in [6.45, 7) is 7.29. The summed E-state index contributed by atoms with van der Waals surface area (Å²) in [7, 11) is 1.34. The number of carbonyl (C=O) groups excluding carboxylic acids is 2. The van der Waals surface area contributed by atoms with Gasteiger partial charge in [0.15, 0.2) is 10.7 Å². The Morgan fingerprint density at radius 3 is 2.48 bits per heavy atom. The summed E-state index contributed by atoms with van der Waals surface area (Å²) in [5.41, 5.74) is 4.29. The summed E-state index contributed by atoms with van der Waals surface area (Å²) in [5, 5.41) is 14.1. The van der Waals surface area contributed by atoms with Gasteiger partial charge in [0, 0.05) is 54.5 Å². The number of hydrogen-bond acceptors (Lipinski definition) is 8. The van der Waals surface area contributed by atoms with Crippen LogP contribution in [0, 0.1) is 25.7 Å². The zero-order chi connectivity index (χ0) is 29.4. The van der Waals surface area contributed by atoms with Crippen molar-refractivity contribution < 1.29 is 24.2 Å². The van der Waals surface area contributed by atoms with Crippen LogP contribution in [-0.2, 0) is 16.1 Å². The molecule has 9 heteroatoms. The summed E-state index contributed by atoms with van der Waals surface area (Å²) in [5.74, 6) is 0.0121. The van der Waals surface area contributed by atoms with Gasteiger partial charge in [-0.3, -0.25) is 4.79 Å². The van der Waals surface area contributed by atoms with E-state index in [1.807, 2.05) is 47.5 Å². The molecule has 0 spiro atoms. The molecule has 2 aromatic carbocycles. The highest BCUT2D eigenvalue weighted by molar-refractivity contribution is 7.14. The topological polar surface area (TPSA) is 92.2 Å². The number of thiazole rings is 1. The molecule has 3 heterocycles. The Balaban J connectivity index is 1.16. The van der Waals surface area contributed by atoms with Gasteiger partial charge in [-0.05, 0) is 81.3 Å². The molecule has 1 amide bonds. The van der Waals surface area contributed by atoms with Crippen LogP contribution in [0.15, 0.2) is 41.8 Å². The van der Waals surface area contributed by atoms with Gasteiger partial charge in [-0.2, -0.15) is 0 Å². The van der Waals surface area contributed by atoms with Gasteiger partial charge in [-0.25, -0.2) is 9.78 Å². The number of esters is 1. The third kappa shape index (κ3) is 5.28. The van der Waals surface area contributed by atoms with Crippen molar-refractivity contribution in [3.8, 4) is 17.0 Å². The average molecular weight is 590 g/mol. The first-order chi connectivity index (χ1) is 20.3.